The van der Waals surface area contributed by atoms with E-state index in [9.17, 15) is 9.59 Å². The molecule has 1 aromatic rings. The molecular weight excluding hydrogens is 260 g/mol. The highest BCUT2D eigenvalue weighted by Crippen LogP contribution is 2.22. The van der Waals surface area contributed by atoms with Gasteiger partial charge in [-0.3, -0.25) is 0 Å². The van der Waals surface area contributed by atoms with Gasteiger partial charge in [0, 0.05) is 25.7 Å². The monoisotopic (exact) mass is 272 g/mol. The van der Waals surface area contributed by atoms with Crippen LogP contribution < -0.4 is 5.32 Å². The molecule has 0 bridgehead atoms. The number of anilines is 1. The Morgan fingerprint density at radius 2 is 1.90 bits per heavy atom. The van der Waals surface area contributed by atoms with Crippen molar-refractivity contribution in [2.75, 3.05) is 5.32 Å². The Balaban J connectivity index is 2.17. The maximum atomic E-state index is 11.7. The fourth-order valence-corrected chi connectivity index (χ4v) is 1.61. The first-order valence-corrected chi connectivity index (χ1v) is 5.85. The van der Waals surface area contributed by atoms with Gasteiger partial charge in [-0.2, -0.15) is 5.26 Å². The van der Waals surface area contributed by atoms with Crippen molar-refractivity contribution in [1.82, 2.24) is 0 Å². The molecular formula is C14H12N2O4. The minimum absolute atomic E-state index is 0.230. The Bertz CT molecular complexity index is 619. The van der Waals surface area contributed by atoms with Crippen molar-refractivity contribution in [3.05, 3.63) is 41.6 Å². The molecule has 0 atom stereocenters. The van der Waals surface area contributed by atoms with E-state index in [0.717, 1.165) is 0 Å². The van der Waals surface area contributed by atoms with Crippen LogP contribution in [0.2, 0.25) is 0 Å². The van der Waals surface area contributed by atoms with Crippen LogP contribution in [-0.2, 0) is 19.1 Å². The number of carbonyl (C=O) groups is 2. The number of nitrogens with one attached hydrogen (secondary N) is 1. The van der Waals surface area contributed by atoms with E-state index in [-0.39, 0.29) is 5.57 Å². The largest absolute Gasteiger partial charge is 0.419 e. The van der Waals surface area contributed by atoms with Crippen LogP contribution in [0.5, 0.6) is 0 Å². The topological polar surface area (TPSA) is 88.4 Å². The fraction of sp³-hybridized carbons (Fsp3) is 0.214. The van der Waals surface area contributed by atoms with Crippen molar-refractivity contribution >= 4 is 17.6 Å². The summed E-state index contributed by atoms with van der Waals surface area (Å²) < 4.78 is 9.89. The quantitative estimate of drug-likeness (QED) is 0.500. The summed E-state index contributed by atoms with van der Waals surface area (Å²) in [7, 11) is 0. The molecule has 20 heavy (non-hydrogen) atoms. The summed E-state index contributed by atoms with van der Waals surface area (Å²) in [6.45, 7) is 2.95. The van der Waals surface area contributed by atoms with E-state index in [1.165, 1.54) is 20.0 Å². The third kappa shape index (κ3) is 2.95. The van der Waals surface area contributed by atoms with Crippen molar-refractivity contribution in [3.63, 3.8) is 0 Å². The second-order valence-electron chi connectivity index (χ2n) is 4.57. The molecule has 0 aliphatic carbocycles. The van der Waals surface area contributed by atoms with E-state index in [1.807, 2.05) is 6.07 Å². The van der Waals surface area contributed by atoms with Crippen LogP contribution in [0.1, 0.15) is 19.4 Å². The van der Waals surface area contributed by atoms with Gasteiger partial charge in [0.2, 0.25) is 0 Å². The van der Waals surface area contributed by atoms with E-state index in [4.69, 9.17) is 14.7 Å². The van der Waals surface area contributed by atoms with Crippen LogP contribution in [0.4, 0.5) is 5.69 Å². The average Bonchev–Trinajstić information content (AvgIpc) is 2.36. The zero-order valence-corrected chi connectivity index (χ0v) is 11.0. The lowest BCUT2D eigenvalue weighted by atomic mass is 10.2. The van der Waals surface area contributed by atoms with E-state index in [1.54, 1.807) is 24.3 Å². The van der Waals surface area contributed by atoms with Crippen LogP contribution >= 0.6 is 0 Å². The molecule has 0 aromatic heterocycles. The Morgan fingerprint density at radius 1 is 1.25 bits per heavy atom. The minimum atomic E-state index is -1.26. The third-order valence-electron chi connectivity index (χ3n) is 2.49. The molecule has 1 fully saturated rings. The molecule has 1 aromatic carbocycles. The molecule has 1 N–H and O–H groups in total. The van der Waals surface area contributed by atoms with Crippen LogP contribution in [0.3, 0.4) is 0 Å². The first kappa shape index (κ1) is 13.6. The van der Waals surface area contributed by atoms with Gasteiger partial charge in [0.05, 0.1) is 11.6 Å². The number of nitriles is 1. The summed E-state index contributed by atoms with van der Waals surface area (Å²) in [6.07, 6.45) is 1.20. The lowest BCUT2D eigenvalue weighted by molar-refractivity contribution is -0.222. The molecule has 2 rings (SSSR count). The zero-order valence-electron chi connectivity index (χ0n) is 11.0. The smallest absolute Gasteiger partial charge is 0.350 e. The summed E-state index contributed by atoms with van der Waals surface area (Å²) in [5.41, 5.74) is 0.803. The van der Waals surface area contributed by atoms with Crippen molar-refractivity contribution in [3.8, 4) is 6.07 Å². The SMILES string of the molecule is CC1(C)OC(=O)C(=CNc2cccc(C#N)c2)C(=O)O1. The highest BCUT2D eigenvalue weighted by atomic mass is 16.7. The molecule has 0 radical (unpaired) electrons. The van der Waals surface area contributed by atoms with Gasteiger partial charge in [-0.05, 0) is 18.2 Å². The standard InChI is InChI=1S/C14H12N2O4/c1-14(2)19-12(17)11(13(18)20-14)8-16-10-5-3-4-9(6-10)7-15/h3-6,8,16H,1-2H3. The number of esters is 2. The minimum Gasteiger partial charge on any atom is -0.419 e. The third-order valence-corrected chi connectivity index (χ3v) is 2.49. The van der Waals surface area contributed by atoms with Gasteiger partial charge in [0.25, 0.3) is 5.79 Å². The van der Waals surface area contributed by atoms with Crippen molar-refractivity contribution in [2.24, 2.45) is 0 Å². The average molecular weight is 272 g/mol. The molecule has 1 saturated heterocycles. The summed E-state index contributed by atoms with van der Waals surface area (Å²) >= 11 is 0. The summed E-state index contributed by atoms with van der Waals surface area (Å²) in [6, 6.07) is 8.59. The van der Waals surface area contributed by atoms with Gasteiger partial charge in [0.15, 0.2) is 5.57 Å². The van der Waals surface area contributed by atoms with Crippen LogP contribution in [0.25, 0.3) is 0 Å². The van der Waals surface area contributed by atoms with Gasteiger partial charge < -0.3 is 14.8 Å². The Morgan fingerprint density at radius 3 is 2.50 bits per heavy atom. The second kappa shape index (κ2) is 5.05. The lowest BCUT2D eigenvalue weighted by Gasteiger charge is -2.29. The van der Waals surface area contributed by atoms with Gasteiger partial charge in [-0.15, -0.1) is 0 Å². The van der Waals surface area contributed by atoms with Crippen molar-refractivity contribution < 1.29 is 19.1 Å². The van der Waals surface area contributed by atoms with E-state index in [0.29, 0.717) is 11.3 Å². The van der Waals surface area contributed by atoms with E-state index >= 15 is 0 Å². The molecule has 6 heteroatoms. The number of benzene rings is 1. The fourth-order valence-electron chi connectivity index (χ4n) is 1.61. The molecule has 102 valence electrons. The molecule has 1 aliphatic rings. The molecule has 0 amide bonds. The van der Waals surface area contributed by atoms with E-state index < -0.39 is 17.7 Å². The van der Waals surface area contributed by atoms with Crippen LogP contribution in [0.15, 0.2) is 36.0 Å². The van der Waals surface area contributed by atoms with Crippen LogP contribution in [-0.4, -0.2) is 17.7 Å². The number of hydrogen-bond acceptors (Lipinski definition) is 6. The number of rotatable bonds is 2. The Labute approximate surface area is 115 Å². The number of hydrogen-bond donors (Lipinski definition) is 1. The number of cyclic esters (lactones) is 2. The molecule has 1 heterocycles. The maximum absolute atomic E-state index is 11.7. The number of nitrogens with zero attached hydrogens (tertiary/aromatic N) is 1. The second-order valence-corrected chi connectivity index (χ2v) is 4.57. The number of ether oxygens (including phenoxy) is 2. The first-order chi connectivity index (χ1) is 9.41. The first-order valence-electron chi connectivity index (χ1n) is 5.85. The Kier molecular flexibility index (Phi) is 3.44. The highest BCUT2D eigenvalue weighted by molar-refractivity contribution is 6.15. The van der Waals surface area contributed by atoms with E-state index in [2.05, 4.69) is 5.32 Å². The van der Waals surface area contributed by atoms with Gasteiger partial charge in [-0.1, -0.05) is 6.07 Å². The van der Waals surface area contributed by atoms with Gasteiger partial charge in [-0.25, -0.2) is 9.59 Å². The molecule has 0 unspecified atom stereocenters. The number of carbonyl (C=O) groups excluding carboxylic acids is 2. The van der Waals surface area contributed by atoms with Gasteiger partial charge in [0.1, 0.15) is 0 Å². The van der Waals surface area contributed by atoms with Crippen LogP contribution in [0, 0.1) is 11.3 Å². The summed E-state index contributed by atoms with van der Waals surface area (Å²) in [5.74, 6) is -2.77. The van der Waals surface area contributed by atoms with Crippen molar-refractivity contribution in [2.45, 2.75) is 19.6 Å². The molecule has 1 aliphatic heterocycles. The zero-order chi connectivity index (χ0) is 14.8. The highest BCUT2D eigenvalue weighted by Gasteiger charge is 2.38. The predicted octanol–water partition coefficient (Wildman–Crippen LogP) is 1.69. The molecule has 0 saturated carbocycles. The normalized spacial score (nSPS) is 16.8. The molecule has 6 nitrogen and oxygen atoms in total. The predicted molar refractivity (Wildman–Crippen MR) is 69.1 cm³/mol. The molecule has 0 spiro atoms. The lowest BCUT2D eigenvalue weighted by Crippen LogP contribution is -2.42. The van der Waals surface area contributed by atoms with Crippen molar-refractivity contribution in [1.29, 1.82) is 5.26 Å². The Hall–Kier alpha value is -2.81. The maximum Gasteiger partial charge on any atom is 0.350 e. The summed E-state index contributed by atoms with van der Waals surface area (Å²) in [4.78, 5) is 23.4. The summed E-state index contributed by atoms with van der Waals surface area (Å²) in [5, 5.41) is 11.5. The van der Waals surface area contributed by atoms with Gasteiger partial charge >= 0.3 is 11.9 Å².